The van der Waals surface area contributed by atoms with Gasteiger partial charge in [-0.1, -0.05) is 54.1 Å². The SMILES string of the molecule is O=C(NN=Cc1ccc(Cl)cc1)c1[nH]c2ccccc2c1-c1ccc(F)cc1. The largest absolute Gasteiger partial charge is 0.350 e. The number of hydrogen-bond donors (Lipinski definition) is 2. The molecule has 6 heteroatoms. The van der Waals surface area contributed by atoms with Crippen molar-refractivity contribution < 1.29 is 9.18 Å². The second kappa shape index (κ2) is 7.66. The summed E-state index contributed by atoms with van der Waals surface area (Å²) >= 11 is 5.86. The van der Waals surface area contributed by atoms with E-state index in [1.165, 1.54) is 18.3 Å². The van der Waals surface area contributed by atoms with Gasteiger partial charge in [-0.15, -0.1) is 0 Å². The molecular weight excluding hydrogens is 377 g/mol. The number of para-hydroxylation sites is 1. The highest BCUT2D eigenvalue weighted by Crippen LogP contribution is 2.32. The van der Waals surface area contributed by atoms with E-state index in [9.17, 15) is 9.18 Å². The van der Waals surface area contributed by atoms with Gasteiger partial charge < -0.3 is 4.98 Å². The molecule has 1 heterocycles. The molecule has 0 aliphatic carbocycles. The summed E-state index contributed by atoms with van der Waals surface area (Å²) in [6.07, 6.45) is 1.54. The average Bonchev–Trinajstić information content (AvgIpc) is 3.10. The zero-order chi connectivity index (χ0) is 19.5. The molecule has 2 N–H and O–H groups in total. The van der Waals surface area contributed by atoms with Crippen LogP contribution in [-0.4, -0.2) is 17.1 Å². The zero-order valence-electron chi connectivity index (χ0n) is 14.6. The number of H-pyrrole nitrogens is 1. The number of nitrogens with zero attached hydrogens (tertiary/aromatic N) is 1. The van der Waals surface area contributed by atoms with E-state index >= 15 is 0 Å². The number of halogens is 2. The standard InChI is InChI=1S/C22H15ClFN3O/c23-16-9-5-14(6-10-16)13-25-27-22(28)21-20(15-7-11-17(24)12-8-15)18-3-1-2-4-19(18)26-21/h1-13,26H,(H,27,28). The molecule has 0 bridgehead atoms. The quantitative estimate of drug-likeness (QED) is 0.355. The van der Waals surface area contributed by atoms with Gasteiger partial charge in [0, 0.05) is 21.5 Å². The number of carbonyl (C=O) groups excluding carboxylic acids is 1. The smallest absolute Gasteiger partial charge is 0.288 e. The third kappa shape index (κ3) is 3.66. The van der Waals surface area contributed by atoms with E-state index < -0.39 is 0 Å². The minimum atomic E-state index is -0.388. The van der Waals surface area contributed by atoms with Crippen molar-refractivity contribution in [2.45, 2.75) is 0 Å². The topological polar surface area (TPSA) is 57.2 Å². The molecule has 0 unspecified atom stereocenters. The van der Waals surface area contributed by atoms with Gasteiger partial charge in [0.15, 0.2) is 0 Å². The molecule has 138 valence electrons. The van der Waals surface area contributed by atoms with Crippen LogP contribution in [0.4, 0.5) is 4.39 Å². The van der Waals surface area contributed by atoms with Crippen molar-refractivity contribution in [3.8, 4) is 11.1 Å². The highest BCUT2D eigenvalue weighted by atomic mass is 35.5. The number of benzene rings is 3. The predicted molar refractivity (Wildman–Crippen MR) is 110 cm³/mol. The maximum atomic E-state index is 13.3. The fourth-order valence-corrected chi connectivity index (χ4v) is 3.12. The van der Waals surface area contributed by atoms with Crippen LogP contribution in [-0.2, 0) is 0 Å². The summed E-state index contributed by atoms with van der Waals surface area (Å²) in [4.78, 5) is 15.9. The first-order valence-electron chi connectivity index (χ1n) is 8.57. The van der Waals surface area contributed by atoms with Crippen LogP contribution < -0.4 is 5.43 Å². The minimum absolute atomic E-state index is 0.331. The Morgan fingerprint density at radius 2 is 1.71 bits per heavy atom. The number of aromatic amines is 1. The molecule has 0 aliphatic heterocycles. The lowest BCUT2D eigenvalue weighted by molar-refractivity contribution is 0.0951. The number of hydrogen-bond acceptors (Lipinski definition) is 2. The Labute approximate surface area is 165 Å². The van der Waals surface area contributed by atoms with Gasteiger partial charge in [-0.3, -0.25) is 4.79 Å². The molecule has 0 atom stereocenters. The summed E-state index contributed by atoms with van der Waals surface area (Å²) in [6, 6.07) is 20.7. The van der Waals surface area contributed by atoms with Crippen LogP contribution in [0.2, 0.25) is 5.02 Å². The van der Waals surface area contributed by atoms with Crippen molar-refractivity contribution in [1.82, 2.24) is 10.4 Å². The lowest BCUT2D eigenvalue weighted by atomic mass is 10.0. The molecule has 3 aromatic carbocycles. The van der Waals surface area contributed by atoms with Gasteiger partial charge >= 0.3 is 0 Å². The Hall–Kier alpha value is -3.44. The van der Waals surface area contributed by atoms with Crippen molar-refractivity contribution in [1.29, 1.82) is 0 Å². The summed E-state index contributed by atoms with van der Waals surface area (Å²) in [5.41, 5.74) is 5.96. The van der Waals surface area contributed by atoms with Gasteiger partial charge in [0.1, 0.15) is 11.5 Å². The Kier molecular flexibility index (Phi) is 4.91. The van der Waals surface area contributed by atoms with Crippen LogP contribution in [0.1, 0.15) is 16.1 Å². The van der Waals surface area contributed by atoms with Crippen LogP contribution in [0.5, 0.6) is 0 Å². The van der Waals surface area contributed by atoms with Crippen molar-refractivity contribution in [2.75, 3.05) is 0 Å². The lowest BCUT2D eigenvalue weighted by Gasteiger charge is -2.04. The average molecular weight is 392 g/mol. The number of fused-ring (bicyclic) bond motifs is 1. The molecule has 1 aromatic heterocycles. The van der Waals surface area contributed by atoms with Gasteiger partial charge in [0.25, 0.3) is 5.91 Å². The molecule has 0 spiro atoms. The van der Waals surface area contributed by atoms with E-state index in [1.807, 2.05) is 24.3 Å². The second-order valence-electron chi connectivity index (χ2n) is 6.18. The van der Waals surface area contributed by atoms with Crippen molar-refractivity contribution >= 4 is 34.6 Å². The molecule has 0 saturated carbocycles. The van der Waals surface area contributed by atoms with Gasteiger partial charge in [-0.2, -0.15) is 5.10 Å². The Morgan fingerprint density at radius 3 is 2.46 bits per heavy atom. The molecule has 28 heavy (non-hydrogen) atoms. The number of nitrogens with one attached hydrogen (secondary N) is 2. The maximum Gasteiger partial charge on any atom is 0.288 e. The predicted octanol–water partition coefficient (Wildman–Crippen LogP) is 5.39. The molecule has 0 saturated heterocycles. The molecule has 0 radical (unpaired) electrons. The number of carbonyl (C=O) groups is 1. The molecule has 4 rings (SSSR count). The van der Waals surface area contributed by atoms with Crippen LogP contribution in [0.15, 0.2) is 77.9 Å². The highest BCUT2D eigenvalue weighted by molar-refractivity contribution is 6.30. The third-order valence-electron chi connectivity index (χ3n) is 4.32. The fraction of sp³-hybridized carbons (Fsp3) is 0. The summed E-state index contributed by atoms with van der Waals surface area (Å²) in [7, 11) is 0. The highest BCUT2D eigenvalue weighted by Gasteiger charge is 2.18. The minimum Gasteiger partial charge on any atom is -0.350 e. The Morgan fingerprint density at radius 1 is 1.00 bits per heavy atom. The first kappa shape index (κ1) is 17.9. The molecule has 0 aliphatic rings. The van der Waals surface area contributed by atoms with E-state index in [4.69, 9.17) is 11.6 Å². The first-order valence-corrected chi connectivity index (χ1v) is 8.95. The zero-order valence-corrected chi connectivity index (χ0v) is 15.4. The van der Waals surface area contributed by atoms with Crippen LogP contribution in [0.25, 0.3) is 22.0 Å². The van der Waals surface area contributed by atoms with Crippen LogP contribution >= 0.6 is 11.6 Å². The van der Waals surface area contributed by atoms with Gasteiger partial charge in [0.2, 0.25) is 0 Å². The fourth-order valence-electron chi connectivity index (χ4n) is 3.00. The third-order valence-corrected chi connectivity index (χ3v) is 4.57. The summed E-state index contributed by atoms with van der Waals surface area (Å²) < 4.78 is 13.3. The van der Waals surface area contributed by atoms with E-state index in [0.29, 0.717) is 16.3 Å². The molecular formula is C22H15ClFN3O. The number of aromatic nitrogens is 1. The molecule has 4 aromatic rings. The van der Waals surface area contributed by atoms with Crippen molar-refractivity contribution in [3.05, 3.63) is 94.9 Å². The maximum absolute atomic E-state index is 13.3. The summed E-state index contributed by atoms with van der Waals surface area (Å²) in [5.74, 6) is -0.720. The summed E-state index contributed by atoms with van der Waals surface area (Å²) in [5, 5.41) is 5.52. The van der Waals surface area contributed by atoms with E-state index in [-0.39, 0.29) is 11.7 Å². The van der Waals surface area contributed by atoms with Gasteiger partial charge in [-0.25, -0.2) is 9.82 Å². The van der Waals surface area contributed by atoms with Crippen molar-refractivity contribution in [3.63, 3.8) is 0 Å². The first-order chi connectivity index (χ1) is 13.6. The monoisotopic (exact) mass is 391 g/mol. The lowest BCUT2D eigenvalue weighted by Crippen LogP contribution is -2.18. The molecule has 0 fully saturated rings. The van der Waals surface area contributed by atoms with Gasteiger partial charge in [0.05, 0.1) is 6.21 Å². The Bertz CT molecular complexity index is 1160. The summed E-state index contributed by atoms with van der Waals surface area (Å²) in [6.45, 7) is 0. The van der Waals surface area contributed by atoms with E-state index in [2.05, 4.69) is 15.5 Å². The van der Waals surface area contributed by atoms with Crippen LogP contribution in [0.3, 0.4) is 0 Å². The normalized spacial score (nSPS) is 11.2. The van der Waals surface area contributed by atoms with Gasteiger partial charge in [-0.05, 0) is 41.5 Å². The molecule has 4 nitrogen and oxygen atoms in total. The number of hydrazone groups is 1. The van der Waals surface area contributed by atoms with E-state index in [0.717, 1.165) is 22.0 Å². The molecule has 1 amide bonds. The Balaban J connectivity index is 1.67. The van der Waals surface area contributed by atoms with Crippen molar-refractivity contribution in [2.24, 2.45) is 5.10 Å². The number of rotatable bonds is 4. The van der Waals surface area contributed by atoms with Crippen LogP contribution in [0, 0.1) is 5.82 Å². The second-order valence-corrected chi connectivity index (χ2v) is 6.61. The number of amides is 1. The van der Waals surface area contributed by atoms with E-state index in [1.54, 1.807) is 36.4 Å².